The fraction of sp³-hybridized carbons (Fsp3) is 0.106. The number of ether oxygens (including phenoxy) is 2. The number of carbonyl (C=O) groups is 11. The molecule has 8 aromatic rings. The van der Waals surface area contributed by atoms with Crippen LogP contribution in [0.3, 0.4) is 0 Å². The number of hydrogen-bond acceptors (Lipinski definition) is 32. The molecule has 0 saturated heterocycles. The van der Waals surface area contributed by atoms with Crippen LogP contribution in [0.4, 0.5) is 70.3 Å². The number of amides is 9. The summed E-state index contributed by atoms with van der Waals surface area (Å²) in [4.78, 5) is 177. The summed E-state index contributed by atoms with van der Waals surface area (Å²) in [6.07, 6.45) is 7.58. The number of nitrogens with one attached hydrogen (secondary N) is 6. The van der Waals surface area contributed by atoms with Crippen molar-refractivity contribution in [3.8, 4) is 11.5 Å². The van der Waals surface area contributed by atoms with Crippen LogP contribution >= 0.6 is 23.2 Å². The second-order valence-corrected chi connectivity index (χ2v) is 16.5. The number of carbonyl (C=O) groups excluding carboxylic acids is 12. The Bertz CT molecular complexity index is 3890. The van der Waals surface area contributed by atoms with Crippen LogP contribution in [0.2, 0.25) is 0 Å². The van der Waals surface area contributed by atoms with Gasteiger partial charge in [-0.1, -0.05) is 0 Å². The molecule has 32 N–H and O–H groups in total. The maximum Gasteiger partial charge on any atom is 0.426 e. The van der Waals surface area contributed by atoms with Crippen molar-refractivity contribution in [1.82, 2.24) is 74.5 Å². The number of nitro benzene ring substituents is 2. The van der Waals surface area contributed by atoms with Crippen LogP contribution in [0, 0.1) is 20.2 Å². The van der Waals surface area contributed by atoms with E-state index in [0.29, 0.717) is 0 Å². The SMILES string of the molecule is CN.CN=C=O.CNC(=O)Cl.CNC(=O)n1cnc(C(N)=O)c1N.CNC(=O)n1cnc(C(N)=O)c1N.NC(=O)c1[nH]cnc1N.NC(=O)c1[nH]cnc1N.NC(=O)c1[nH]cnc1N.NC(=O)c1ncn(C(=O)Oc2ccc([N+](=O)[O-])cc2)c1N.O=C(Cl)Oc1ccc([N+](=O)[O-])cc1. The van der Waals surface area contributed by atoms with E-state index in [1.54, 1.807) is 0 Å². The van der Waals surface area contributed by atoms with Gasteiger partial charge in [-0.05, 0) is 42.9 Å². The second-order valence-electron chi connectivity index (χ2n) is 15.9. The van der Waals surface area contributed by atoms with Crippen molar-refractivity contribution in [2.45, 2.75) is 0 Å². The van der Waals surface area contributed by atoms with Crippen LogP contribution in [0.5, 0.6) is 11.5 Å². The topological polar surface area (TPSA) is 836 Å². The third kappa shape index (κ3) is 29.6. The molecule has 0 bridgehead atoms. The van der Waals surface area contributed by atoms with Gasteiger partial charge in [0, 0.05) is 64.1 Å². The lowest BCUT2D eigenvalue weighted by atomic mass is 10.3. The van der Waals surface area contributed by atoms with Gasteiger partial charge >= 0.3 is 29.0 Å². The molecule has 0 aliphatic heterocycles. The Morgan fingerprint density at radius 2 is 0.755 bits per heavy atom. The van der Waals surface area contributed by atoms with Crippen molar-refractivity contribution in [2.75, 3.05) is 69.6 Å². The predicted molar refractivity (Wildman–Crippen MR) is 344 cm³/mol. The minimum absolute atomic E-state index is 0.0631. The number of halogens is 2. The van der Waals surface area contributed by atoms with Gasteiger partial charge in [-0.25, -0.2) is 72.6 Å². The first-order chi connectivity index (χ1) is 46.0. The molecule has 2 aromatic carbocycles. The molecule has 49 nitrogen and oxygen atoms in total. The molecule has 0 aliphatic rings. The number of nitrogens with zero attached hydrogens (tertiary/aromatic N) is 12. The van der Waals surface area contributed by atoms with Crippen LogP contribution in [-0.4, -0.2) is 174 Å². The Kier molecular flexibility index (Phi) is 38.4. The average molecular weight is 1420 g/mol. The zero-order valence-corrected chi connectivity index (χ0v) is 52.6. The molecule has 0 saturated carbocycles. The molecule has 0 atom stereocenters. The molecule has 0 fully saturated rings. The maximum atomic E-state index is 11.8. The lowest BCUT2D eigenvalue weighted by molar-refractivity contribution is -0.385. The third-order valence-electron chi connectivity index (χ3n) is 9.71. The van der Waals surface area contributed by atoms with Crippen molar-refractivity contribution in [3.63, 3.8) is 0 Å². The number of nitrogens with two attached hydrogens (primary N) is 13. The van der Waals surface area contributed by atoms with Crippen LogP contribution < -0.4 is 100.0 Å². The largest absolute Gasteiger partial charge is 0.426 e. The van der Waals surface area contributed by atoms with Gasteiger partial charge in [-0.2, -0.15) is 0 Å². The summed E-state index contributed by atoms with van der Waals surface area (Å²) >= 11 is 9.63. The third-order valence-corrected chi connectivity index (χ3v) is 9.97. The van der Waals surface area contributed by atoms with Crippen LogP contribution in [0.15, 0.2) is 91.5 Å². The summed E-state index contributed by atoms with van der Waals surface area (Å²) in [5.74, 6) is -3.90. The van der Waals surface area contributed by atoms with E-state index < -0.39 is 74.2 Å². The highest BCUT2D eigenvalue weighted by Crippen LogP contribution is 2.20. The van der Waals surface area contributed by atoms with Gasteiger partial charge < -0.3 is 115 Å². The summed E-state index contributed by atoms with van der Waals surface area (Å²) < 4.78 is 12.2. The number of hydrogen-bond donors (Lipinski definition) is 19. The number of nitro groups is 2. The van der Waals surface area contributed by atoms with Gasteiger partial charge in [-0.3, -0.25) is 53.8 Å². The maximum absolute atomic E-state index is 11.8. The molecule has 98 heavy (non-hydrogen) atoms. The Morgan fingerprint density at radius 1 is 0.490 bits per heavy atom. The Morgan fingerprint density at radius 3 is 0.939 bits per heavy atom. The summed E-state index contributed by atoms with van der Waals surface area (Å²) in [5.41, 5.74) is 64.8. The Hall–Kier alpha value is -14.6. The number of benzene rings is 2. The highest BCUT2D eigenvalue weighted by atomic mass is 35.5. The molecule has 8 rings (SSSR count). The second kappa shape index (κ2) is 44.0. The molecule has 0 unspecified atom stereocenters. The fourth-order valence-electron chi connectivity index (χ4n) is 5.37. The average Bonchev–Trinajstić information content (AvgIpc) is 1.57. The van der Waals surface area contributed by atoms with Crippen molar-refractivity contribution < 1.29 is 76.9 Å². The number of nitrogen functional groups attached to an aromatic ring is 6. The number of aromatic nitrogens is 12. The molecule has 0 aliphatic carbocycles. The monoisotopic (exact) mass is 1420 g/mol. The molecule has 51 heteroatoms. The summed E-state index contributed by atoms with van der Waals surface area (Å²) in [7, 11) is 7.22. The molecule has 0 radical (unpaired) electrons. The van der Waals surface area contributed by atoms with Crippen LogP contribution in [-0.2, 0) is 4.79 Å². The van der Waals surface area contributed by atoms with E-state index in [9.17, 15) is 73.0 Å². The standard InChI is InChI=1S/C11H9N5O5.C7H4ClNO4.2C6H9N5O2.3C4H6N4O.C2H4ClNO.C2H3NO.CH5N/c12-9-8(10(13)17)14-5-15(9)11(18)21-7-3-1-6(2-4-7)16(19)20;8-7(10)13-6-3-1-5(2-4-6)9(11)12;2*1-9-6(13)11-2-10-3(4(11)7)5(8)12;3*5-3-2(4(6)9)7-1-8-3;1-4-2(3)5;1-3-2-4;1-2/h1-5H,12H2,(H2,13,17);1-4H;2*2H,7H2,1H3,(H2,8,12)(H,9,13);3*1H,5H2,(H2,6,9)(H,7,8);1H3,(H,4,5);1H3;2H2,1H3. The van der Waals surface area contributed by atoms with Gasteiger partial charge in [0.1, 0.15) is 65.0 Å². The number of H-pyrrole nitrogens is 3. The zero-order chi connectivity index (χ0) is 75.7. The van der Waals surface area contributed by atoms with E-state index in [1.165, 1.54) is 109 Å². The van der Waals surface area contributed by atoms with Gasteiger partial charge in [0.2, 0.25) is 6.08 Å². The minimum Gasteiger partial charge on any atom is -0.414 e. The normalized spacial score (nSPS) is 9.10. The summed E-state index contributed by atoms with van der Waals surface area (Å²) in [6, 6.07) is 8.91. The first kappa shape index (κ1) is 85.5. The van der Waals surface area contributed by atoms with E-state index in [4.69, 9.17) is 102 Å². The first-order valence-corrected chi connectivity index (χ1v) is 25.8. The van der Waals surface area contributed by atoms with Crippen molar-refractivity contribution >= 4 is 140 Å². The number of isocyanates is 1. The van der Waals surface area contributed by atoms with Gasteiger partial charge in [0.05, 0.1) is 28.8 Å². The molecule has 0 spiro atoms. The summed E-state index contributed by atoms with van der Waals surface area (Å²) in [5, 5.41) is 27.0. The Labute approximate surface area is 556 Å². The van der Waals surface area contributed by atoms with Crippen molar-refractivity contribution in [3.05, 3.63) is 141 Å². The number of rotatable bonds is 10. The Balaban J connectivity index is 0. The van der Waals surface area contributed by atoms with Crippen molar-refractivity contribution in [1.29, 1.82) is 0 Å². The highest BCUT2D eigenvalue weighted by molar-refractivity contribution is 6.62. The van der Waals surface area contributed by atoms with Crippen LogP contribution in [0.25, 0.3) is 0 Å². The molecule has 526 valence electrons. The highest BCUT2D eigenvalue weighted by Gasteiger charge is 2.20. The van der Waals surface area contributed by atoms with Crippen LogP contribution in [0.1, 0.15) is 62.9 Å². The van der Waals surface area contributed by atoms with E-state index in [1.807, 2.05) is 0 Å². The number of aliphatic imine (C=N–C) groups is 1. The lowest BCUT2D eigenvalue weighted by Gasteiger charge is -2.05. The quantitative estimate of drug-likeness (QED) is 0.0171. The number of primary amides is 6. The number of imidazole rings is 6. The number of non-ortho nitro benzene ring substituents is 2. The zero-order valence-electron chi connectivity index (χ0n) is 51.1. The molecule has 6 aromatic heterocycles. The fourth-order valence-corrected chi connectivity index (χ4v) is 5.46. The van der Waals surface area contributed by atoms with E-state index in [-0.39, 0.29) is 91.9 Å². The van der Waals surface area contributed by atoms with E-state index in [0.717, 1.165) is 32.7 Å². The van der Waals surface area contributed by atoms with Gasteiger partial charge in [0.25, 0.3) is 46.8 Å². The van der Waals surface area contributed by atoms with E-state index >= 15 is 0 Å². The van der Waals surface area contributed by atoms with E-state index in [2.05, 4.69) is 76.3 Å². The number of anilines is 6. The summed E-state index contributed by atoms with van der Waals surface area (Å²) in [6.45, 7) is 0. The lowest BCUT2D eigenvalue weighted by Crippen LogP contribution is -2.25. The van der Waals surface area contributed by atoms with Gasteiger partial charge in [0.15, 0.2) is 34.5 Å². The molecular formula is C47H61Cl2N31O18. The van der Waals surface area contributed by atoms with Gasteiger partial charge in [-0.15, -0.1) is 0 Å². The molecule has 6 heterocycles. The first-order valence-electron chi connectivity index (χ1n) is 25.0. The predicted octanol–water partition coefficient (Wildman–Crippen LogP) is -2.28. The number of aromatic amines is 3. The minimum atomic E-state index is -0.978. The molecule has 9 amide bonds. The van der Waals surface area contributed by atoms with Crippen molar-refractivity contribution in [2.24, 2.45) is 45.1 Å². The smallest absolute Gasteiger partial charge is 0.414 e. The molecular weight excluding hydrogens is 1360 g/mol.